The van der Waals surface area contributed by atoms with Gasteiger partial charge >= 0.3 is 0 Å². The molecule has 3 fully saturated rings. The third-order valence-electron chi connectivity index (χ3n) is 7.12. The molecule has 0 bridgehead atoms. The van der Waals surface area contributed by atoms with Crippen molar-refractivity contribution >= 4 is 11.8 Å². The Morgan fingerprint density at radius 2 is 1.71 bits per heavy atom. The fraction of sp³-hybridized carbons (Fsp3) is 0.520. The van der Waals surface area contributed by atoms with Crippen molar-refractivity contribution in [3.05, 3.63) is 59.5 Å². The molecule has 164 valence electrons. The molecule has 2 amide bonds. The second-order valence-corrected chi connectivity index (χ2v) is 9.24. The summed E-state index contributed by atoms with van der Waals surface area (Å²) >= 11 is 0. The van der Waals surface area contributed by atoms with E-state index in [0.29, 0.717) is 19.6 Å². The molecule has 2 saturated heterocycles. The molecular weight excluding hydrogens is 390 g/mol. The number of hydrogen-bond donors (Lipinski definition) is 0. The Labute approximate surface area is 183 Å². The van der Waals surface area contributed by atoms with Gasteiger partial charge in [0.05, 0.1) is 12.5 Å². The molecule has 31 heavy (non-hydrogen) atoms. The van der Waals surface area contributed by atoms with Crippen molar-refractivity contribution in [2.24, 2.45) is 0 Å². The Kier molecular flexibility index (Phi) is 5.81. The average molecular weight is 422 g/mol. The maximum atomic E-state index is 13.1. The lowest BCUT2D eigenvalue weighted by atomic mass is 9.84. The maximum absolute atomic E-state index is 13.1. The summed E-state index contributed by atoms with van der Waals surface area (Å²) in [6.45, 7) is 3.42. The van der Waals surface area contributed by atoms with E-state index in [4.69, 9.17) is 4.42 Å². The van der Waals surface area contributed by atoms with E-state index in [2.05, 4.69) is 29.2 Å². The van der Waals surface area contributed by atoms with E-state index < -0.39 is 0 Å². The van der Waals surface area contributed by atoms with Gasteiger partial charge in [0.2, 0.25) is 11.8 Å². The van der Waals surface area contributed by atoms with Gasteiger partial charge in [-0.2, -0.15) is 0 Å². The number of rotatable bonds is 5. The lowest BCUT2D eigenvalue weighted by Gasteiger charge is -2.46. The first kappa shape index (κ1) is 20.3. The van der Waals surface area contributed by atoms with Crippen LogP contribution in [0, 0.1) is 0 Å². The van der Waals surface area contributed by atoms with Crippen LogP contribution in [0.25, 0.3) is 0 Å². The molecule has 1 aliphatic carbocycles. The number of furan rings is 1. The molecule has 0 radical (unpaired) electrons. The monoisotopic (exact) mass is 421 g/mol. The minimum absolute atomic E-state index is 0.0400. The first-order chi connectivity index (χ1) is 15.2. The zero-order chi connectivity index (χ0) is 21.2. The van der Waals surface area contributed by atoms with Gasteiger partial charge in [0, 0.05) is 38.3 Å². The highest BCUT2D eigenvalue weighted by atomic mass is 16.3. The molecule has 6 heteroatoms. The van der Waals surface area contributed by atoms with Crippen molar-refractivity contribution in [1.82, 2.24) is 14.7 Å². The van der Waals surface area contributed by atoms with E-state index in [1.54, 1.807) is 22.3 Å². The Morgan fingerprint density at radius 1 is 0.903 bits per heavy atom. The second-order valence-electron chi connectivity index (χ2n) is 9.24. The molecular formula is C25H31N3O3. The van der Waals surface area contributed by atoms with Crippen molar-refractivity contribution < 1.29 is 14.0 Å². The summed E-state index contributed by atoms with van der Waals surface area (Å²) in [5.74, 6) is 0.807. The van der Waals surface area contributed by atoms with Gasteiger partial charge in [-0.15, -0.1) is 0 Å². The van der Waals surface area contributed by atoms with Crippen LogP contribution in [0.5, 0.6) is 0 Å². The quantitative estimate of drug-likeness (QED) is 0.743. The number of nitrogens with zero attached hydrogens (tertiary/aromatic N) is 3. The molecule has 5 rings (SSSR count). The van der Waals surface area contributed by atoms with Crippen LogP contribution in [-0.2, 0) is 22.7 Å². The highest BCUT2D eigenvalue weighted by Gasteiger charge is 2.42. The van der Waals surface area contributed by atoms with Crippen molar-refractivity contribution in [2.45, 2.75) is 57.2 Å². The van der Waals surface area contributed by atoms with Crippen LogP contribution >= 0.6 is 0 Å². The van der Waals surface area contributed by atoms with Gasteiger partial charge in [-0.1, -0.05) is 43.5 Å². The highest BCUT2D eigenvalue weighted by molar-refractivity contribution is 5.95. The van der Waals surface area contributed by atoms with Crippen LogP contribution in [0.3, 0.4) is 0 Å². The van der Waals surface area contributed by atoms with Crippen LogP contribution in [0.15, 0.2) is 47.3 Å². The molecule has 1 aromatic heterocycles. The van der Waals surface area contributed by atoms with Crippen molar-refractivity contribution in [3.8, 4) is 0 Å². The topological polar surface area (TPSA) is 57.0 Å². The molecule has 1 unspecified atom stereocenters. The normalized spacial score (nSPS) is 23.3. The number of fused-ring (bicyclic) bond motifs is 1. The predicted molar refractivity (Wildman–Crippen MR) is 117 cm³/mol. The van der Waals surface area contributed by atoms with Gasteiger partial charge in [-0.3, -0.25) is 14.5 Å². The van der Waals surface area contributed by atoms with Gasteiger partial charge in [0.15, 0.2) is 0 Å². The summed E-state index contributed by atoms with van der Waals surface area (Å²) in [5, 5.41) is 0. The van der Waals surface area contributed by atoms with Crippen molar-refractivity contribution in [1.29, 1.82) is 0 Å². The Hall–Kier alpha value is -2.60. The molecule has 0 N–H and O–H groups in total. The third kappa shape index (κ3) is 4.40. The van der Waals surface area contributed by atoms with E-state index in [1.165, 1.54) is 43.2 Å². The molecule has 1 saturated carbocycles. The minimum atomic E-state index is -0.386. The van der Waals surface area contributed by atoms with Crippen LogP contribution < -0.4 is 0 Å². The number of benzene rings is 1. The summed E-state index contributed by atoms with van der Waals surface area (Å²) in [6, 6.07) is 10.5. The lowest BCUT2D eigenvalue weighted by Crippen LogP contribution is -2.66. The van der Waals surface area contributed by atoms with Crippen LogP contribution in [0.1, 0.15) is 54.7 Å². The molecule has 2 aliphatic heterocycles. The largest absolute Gasteiger partial charge is 0.472 e. The van der Waals surface area contributed by atoms with E-state index in [1.807, 2.05) is 6.07 Å². The minimum Gasteiger partial charge on any atom is -0.472 e. The molecule has 1 atom stereocenters. The number of amides is 2. The maximum Gasteiger partial charge on any atom is 0.247 e. The summed E-state index contributed by atoms with van der Waals surface area (Å²) < 4.78 is 5.11. The number of carbonyl (C=O) groups is 2. The summed E-state index contributed by atoms with van der Waals surface area (Å²) in [7, 11) is 0. The standard InChI is InChI=1S/C25H31N3O3/c29-24-17-27(15-20-10-13-31-18-20)25(30)23-16-26(11-12-28(23)24)14-19-6-8-22(9-7-19)21-4-2-1-3-5-21/h6-10,13,18,21,23H,1-5,11-12,14-17H2. The molecule has 6 nitrogen and oxygen atoms in total. The zero-order valence-corrected chi connectivity index (χ0v) is 18.0. The van der Waals surface area contributed by atoms with Gasteiger partial charge < -0.3 is 14.2 Å². The van der Waals surface area contributed by atoms with Crippen LogP contribution in [-0.4, -0.2) is 58.7 Å². The Bertz CT molecular complexity index is 903. The van der Waals surface area contributed by atoms with Gasteiger partial charge in [-0.25, -0.2) is 0 Å². The second kappa shape index (κ2) is 8.87. The molecule has 3 aliphatic rings. The summed E-state index contributed by atoms with van der Waals surface area (Å²) in [5.41, 5.74) is 3.66. The lowest BCUT2D eigenvalue weighted by molar-refractivity contribution is -0.160. The SMILES string of the molecule is O=C1C2CN(Cc3ccc(C4CCCCC4)cc3)CCN2C(=O)CN1Cc1ccoc1. The smallest absolute Gasteiger partial charge is 0.247 e. The van der Waals surface area contributed by atoms with Gasteiger partial charge in [0.25, 0.3) is 0 Å². The molecule has 3 heterocycles. The first-order valence-electron chi connectivity index (χ1n) is 11.6. The predicted octanol–water partition coefficient (Wildman–Crippen LogP) is 3.38. The number of hydrogen-bond acceptors (Lipinski definition) is 4. The number of piperazine rings is 2. The molecule has 0 spiro atoms. The van der Waals surface area contributed by atoms with Gasteiger partial charge in [-0.05, 0) is 36.0 Å². The summed E-state index contributed by atoms with van der Waals surface area (Å²) in [6.07, 6.45) is 9.93. The fourth-order valence-electron chi connectivity index (χ4n) is 5.36. The van der Waals surface area contributed by atoms with Crippen LogP contribution in [0.2, 0.25) is 0 Å². The fourth-order valence-corrected chi connectivity index (χ4v) is 5.36. The van der Waals surface area contributed by atoms with Crippen LogP contribution in [0.4, 0.5) is 0 Å². The molecule has 2 aromatic rings. The molecule has 1 aromatic carbocycles. The van der Waals surface area contributed by atoms with E-state index in [-0.39, 0.29) is 24.4 Å². The van der Waals surface area contributed by atoms with Gasteiger partial charge in [0.1, 0.15) is 12.6 Å². The number of carbonyl (C=O) groups excluding carboxylic acids is 2. The van der Waals surface area contributed by atoms with E-state index in [9.17, 15) is 9.59 Å². The Morgan fingerprint density at radius 3 is 2.45 bits per heavy atom. The highest BCUT2D eigenvalue weighted by Crippen LogP contribution is 2.32. The van der Waals surface area contributed by atoms with E-state index in [0.717, 1.165) is 24.6 Å². The van der Waals surface area contributed by atoms with Crippen molar-refractivity contribution in [3.63, 3.8) is 0 Å². The average Bonchev–Trinajstić information content (AvgIpc) is 3.31. The Balaban J connectivity index is 1.22. The summed E-state index contributed by atoms with van der Waals surface area (Å²) in [4.78, 5) is 31.5. The van der Waals surface area contributed by atoms with Crippen molar-refractivity contribution in [2.75, 3.05) is 26.2 Å². The zero-order valence-electron chi connectivity index (χ0n) is 18.0. The van der Waals surface area contributed by atoms with E-state index >= 15 is 0 Å². The third-order valence-corrected chi connectivity index (χ3v) is 7.12. The first-order valence-corrected chi connectivity index (χ1v) is 11.6.